The fraction of sp³-hybridized carbons (Fsp3) is 0.143. The van der Waals surface area contributed by atoms with Crippen molar-refractivity contribution in [3.63, 3.8) is 0 Å². The molecule has 0 aliphatic heterocycles. The summed E-state index contributed by atoms with van der Waals surface area (Å²) in [6.45, 7) is 0. The molecule has 0 radical (unpaired) electrons. The Morgan fingerprint density at radius 1 is 1.00 bits per heavy atom. The molecule has 2 aromatic carbocycles. The van der Waals surface area contributed by atoms with E-state index in [1.54, 1.807) is 6.07 Å². The highest BCUT2D eigenvalue weighted by atomic mass is 35.5. The molecule has 0 aromatic heterocycles. The molecule has 2 aromatic rings. The zero-order chi connectivity index (χ0) is 14.7. The molecule has 6 heteroatoms. The highest BCUT2D eigenvalue weighted by Crippen LogP contribution is 2.39. The van der Waals surface area contributed by atoms with Crippen LogP contribution in [0.25, 0.3) is 0 Å². The van der Waals surface area contributed by atoms with Crippen molar-refractivity contribution in [3.05, 3.63) is 41.2 Å². The maximum absolute atomic E-state index is 13.8. The minimum absolute atomic E-state index is 0.0172. The van der Waals surface area contributed by atoms with E-state index in [9.17, 15) is 4.39 Å². The summed E-state index contributed by atoms with van der Waals surface area (Å²) in [4.78, 5) is 0. The summed E-state index contributed by atoms with van der Waals surface area (Å²) in [7, 11) is 2.98. The lowest BCUT2D eigenvalue weighted by Crippen LogP contribution is -1.97. The number of benzene rings is 2. The number of hydrogen-bond acceptors (Lipinski definition) is 4. The van der Waals surface area contributed by atoms with Crippen molar-refractivity contribution >= 4 is 17.3 Å². The molecule has 0 amide bonds. The number of rotatable bonds is 4. The molecule has 4 nitrogen and oxygen atoms in total. The van der Waals surface area contributed by atoms with Gasteiger partial charge >= 0.3 is 0 Å². The topological polar surface area (TPSA) is 53.7 Å². The van der Waals surface area contributed by atoms with Gasteiger partial charge in [0.2, 0.25) is 0 Å². The van der Waals surface area contributed by atoms with E-state index >= 15 is 0 Å². The molecule has 0 saturated heterocycles. The van der Waals surface area contributed by atoms with Gasteiger partial charge in [0, 0.05) is 12.1 Å². The summed E-state index contributed by atoms with van der Waals surface area (Å²) in [6.07, 6.45) is 0. The van der Waals surface area contributed by atoms with Gasteiger partial charge in [-0.25, -0.2) is 4.39 Å². The first-order chi connectivity index (χ1) is 9.56. The second-order valence-electron chi connectivity index (χ2n) is 3.90. The second-order valence-corrected chi connectivity index (χ2v) is 4.31. The fourth-order valence-corrected chi connectivity index (χ4v) is 1.81. The minimum atomic E-state index is -0.650. The van der Waals surface area contributed by atoms with Crippen molar-refractivity contribution < 1.29 is 18.6 Å². The maximum atomic E-state index is 13.8. The van der Waals surface area contributed by atoms with Crippen LogP contribution in [0.5, 0.6) is 23.0 Å². The summed E-state index contributed by atoms with van der Waals surface area (Å²) in [6, 6.07) is 7.53. The third-order valence-electron chi connectivity index (χ3n) is 2.65. The standard InChI is InChI=1S/C14H13ClFNO3/c1-18-12-6-9(17)11(7-13(12)19-2)20-10-5-3-4-8(15)14(10)16/h3-7H,17H2,1-2H3. The van der Waals surface area contributed by atoms with Gasteiger partial charge in [-0.1, -0.05) is 17.7 Å². The highest BCUT2D eigenvalue weighted by molar-refractivity contribution is 6.30. The van der Waals surface area contributed by atoms with Gasteiger partial charge in [0.1, 0.15) is 0 Å². The van der Waals surface area contributed by atoms with Gasteiger partial charge in [-0.05, 0) is 12.1 Å². The van der Waals surface area contributed by atoms with Crippen LogP contribution in [0, 0.1) is 5.82 Å². The first-order valence-corrected chi connectivity index (χ1v) is 6.08. The van der Waals surface area contributed by atoms with Gasteiger partial charge in [-0.15, -0.1) is 0 Å². The minimum Gasteiger partial charge on any atom is -0.493 e. The van der Waals surface area contributed by atoms with E-state index in [-0.39, 0.29) is 16.5 Å². The predicted octanol–water partition coefficient (Wildman–Crippen LogP) is 3.87. The van der Waals surface area contributed by atoms with E-state index in [0.717, 1.165) is 0 Å². The summed E-state index contributed by atoms with van der Waals surface area (Å²) < 4.78 is 29.5. The van der Waals surface area contributed by atoms with Crippen LogP contribution in [0.1, 0.15) is 0 Å². The number of hydrogen-bond donors (Lipinski definition) is 1. The Labute approximate surface area is 120 Å². The zero-order valence-electron chi connectivity index (χ0n) is 10.9. The number of nitrogens with two attached hydrogens (primary N) is 1. The molecule has 0 saturated carbocycles. The van der Waals surface area contributed by atoms with Gasteiger partial charge in [0.15, 0.2) is 28.8 Å². The molecule has 0 fully saturated rings. The van der Waals surface area contributed by atoms with Crippen LogP contribution in [0.2, 0.25) is 5.02 Å². The van der Waals surface area contributed by atoms with Gasteiger partial charge in [0.25, 0.3) is 0 Å². The van der Waals surface area contributed by atoms with Crippen LogP contribution >= 0.6 is 11.6 Å². The molecule has 2 N–H and O–H groups in total. The average Bonchev–Trinajstić information content (AvgIpc) is 2.45. The van der Waals surface area contributed by atoms with Crippen LogP contribution < -0.4 is 19.9 Å². The van der Waals surface area contributed by atoms with Gasteiger partial charge < -0.3 is 19.9 Å². The van der Waals surface area contributed by atoms with E-state index < -0.39 is 5.82 Å². The number of ether oxygens (including phenoxy) is 3. The van der Waals surface area contributed by atoms with Crippen molar-refractivity contribution in [1.29, 1.82) is 0 Å². The number of anilines is 1. The lowest BCUT2D eigenvalue weighted by atomic mass is 10.2. The van der Waals surface area contributed by atoms with Gasteiger partial charge in [0.05, 0.1) is 24.9 Å². The van der Waals surface area contributed by atoms with Gasteiger partial charge in [-0.3, -0.25) is 0 Å². The number of halogens is 2. The second kappa shape index (κ2) is 5.88. The lowest BCUT2D eigenvalue weighted by Gasteiger charge is -2.13. The van der Waals surface area contributed by atoms with Crippen molar-refractivity contribution in [2.24, 2.45) is 0 Å². The zero-order valence-corrected chi connectivity index (χ0v) is 11.7. The van der Waals surface area contributed by atoms with Gasteiger partial charge in [-0.2, -0.15) is 0 Å². The predicted molar refractivity (Wildman–Crippen MR) is 75.4 cm³/mol. The molecular weight excluding hydrogens is 285 g/mol. The van der Waals surface area contributed by atoms with E-state index in [2.05, 4.69) is 0 Å². The molecule has 0 heterocycles. The summed E-state index contributed by atoms with van der Waals surface area (Å²) in [5.41, 5.74) is 6.13. The summed E-state index contributed by atoms with van der Waals surface area (Å²) >= 11 is 5.70. The molecule has 0 bridgehead atoms. The van der Waals surface area contributed by atoms with Crippen LogP contribution in [0.15, 0.2) is 30.3 Å². The molecule has 2 rings (SSSR count). The Morgan fingerprint density at radius 2 is 1.65 bits per heavy atom. The van der Waals surface area contributed by atoms with E-state index in [1.165, 1.54) is 38.5 Å². The number of methoxy groups -OCH3 is 2. The Hall–Kier alpha value is -2.14. The maximum Gasteiger partial charge on any atom is 0.184 e. The highest BCUT2D eigenvalue weighted by Gasteiger charge is 2.14. The molecule has 20 heavy (non-hydrogen) atoms. The van der Waals surface area contributed by atoms with Crippen LogP contribution in [0.3, 0.4) is 0 Å². The molecular formula is C14H13ClFNO3. The Kier molecular flexibility index (Phi) is 4.20. The molecule has 0 aliphatic carbocycles. The molecule has 106 valence electrons. The quantitative estimate of drug-likeness (QED) is 0.870. The summed E-state index contributed by atoms with van der Waals surface area (Å²) in [5, 5.41) is -0.0263. The normalized spacial score (nSPS) is 10.2. The SMILES string of the molecule is COc1cc(N)c(Oc2cccc(Cl)c2F)cc1OC. The number of nitrogen functional groups attached to an aromatic ring is 1. The van der Waals surface area contributed by atoms with Crippen molar-refractivity contribution in [1.82, 2.24) is 0 Å². The first-order valence-electron chi connectivity index (χ1n) is 5.70. The molecule has 0 unspecified atom stereocenters. The van der Waals surface area contributed by atoms with E-state index in [1.807, 2.05) is 0 Å². The van der Waals surface area contributed by atoms with Crippen molar-refractivity contribution in [3.8, 4) is 23.0 Å². The summed E-state index contributed by atoms with van der Waals surface area (Å²) in [5.74, 6) is 0.478. The smallest absolute Gasteiger partial charge is 0.184 e. The first kappa shape index (κ1) is 14.3. The molecule has 0 atom stereocenters. The Balaban J connectivity index is 2.41. The van der Waals surface area contributed by atoms with Crippen LogP contribution in [-0.4, -0.2) is 14.2 Å². The van der Waals surface area contributed by atoms with Crippen molar-refractivity contribution in [2.75, 3.05) is 20.0 Å². The third kappa shape index (κ3) is 2.72. The monoisotopic (exact) mass is 297 g/mol. The fourth-order valence-electron chi connectivity index (χ4n) is 1.65. The van der Waals surface area contributed by atoms with E-state index in [0.29, 0.717) is 17.2 Å². The average molecular weight is 298 g/mol. The van der Waals surface area contributed by atoms with E-state index in [4.69, 9.17) is 31.5 Å². The lowest BCUT2D eigenvalue weighted by molar-refractivity contribution is 0.352. The van der Waals surface area contributed by atoms with Crippen molar-refractivity contribution in [2.45, 2.75) is 0 Å². The third-order valence-corrected chi connectivity index (χ3v) is 2.94. The van der Waals surface area contributed by atoms with Crippen LogP contribution in [0.4, 0.5) is 10.1 Å². The largest absolute Gasteiger partial charge is 0.493 e. The molecule has 0 spiro atoms. The Bertz CT molecular complexity index is 634. The molecule has 0 aliphatic rings. The Morgan fingerprint density at radius 3 is 2.30 bits per heavy atom. The van der Waals surface area contributed by atoms with Crippen LogP contribution in [-0.2, 0) is 0 Å².